The second kappa shape index (κ2) is 2.85. The van der Waals surface area contributed by atoms with Crippen LogP contribution in [0.15, 0.2) is 18.3 Å². The van der Waals surface area contributed by atoms with Gasteiger partial charge in [0.25, 0.3) is 0 Å². The molecule has 5 heteroatoms. The van der Waals surface area contributed by atoms with Crippen LogP contribution < -0.4 is 0 Å². The van der Waals surface area contributed by atoms with E-state index in [0.717, 1.165) is 5.39 Å². The van der Waals surface area contributed by atoms with Crippen LogP contribution in [0.5, 0.6) is 0 Å². The summed E-state index contributed by atoms with van der Waals surface area (Å²) < 4.78 is 4.55. The van der Waals surface area contributed by atoms with Crippen molar-refractivity contribution in [3.63, 3.8) is 0 Å². The number of nitrogens with zero attached hydrogens (tertiary/aromatic N) is 2. The summed E-state index contributed by atoms with van der Waals surface area (Å²) in [5.74, 6) is -0.405. The maximum atomic E-state index is 11.1. The number of hydrogen-bond acceptors (Lipinski definition) is 4. The number of H-pyrrole nitrogens is 1. The molecule has 0 radical (unpaired) electrons. The van der Waals surface area contributed by atoms with Gasteiger partial charge in [-0.05, 0) is 12.1 Å². The highest BCUT2D eigenvalue weighted by Gasteiger charge is 2.09. The number of carbonyl (C=O) groups is 1. The van der Waals surface area contributed by atoms with E-state index in [-0.39, 0.29) is 0 Å². The number of ether oxygens (including phenoxy) is 1. The second-order valence-corrected chi connectivity index (χ2v) is 2.51. The van der Waals surface area contributed by atoms with E-state index >= 15 is 0 Å². The largest absolute Gasteiger partial charge is 0.464 e. The standard InChI is InChI=1S/C8H7N3O2/c1-13-8(12)6-4-5-2-3-9-11-7(5)10-6/h2-4H,1H3,(H,10,11). The normalized spacial score (nSPS) is 10.2. The predicted octanol–water partition coefficient (Wildman–Crippen LogP) is 0.744. The second-order valence-electron chi connectivity index (χ2n) is 2.51. The Hall–Kier alpha value is -1.91. The molecule has 0 saturated heterocycles. The number of hydrogen-bond donors (Lipinski definition) is 1. The van der Waals surface area contributed by atoms with Gasteiger partial charge in [0.1, 0.15) is 5.69 Å². The summed E-state index contributed by atoms with van der Waals surface area (Å²) in [5, 5.41) is 8.33. The van der Waals surface area contributed by atoms with E-state index in [1.807, 2.05) is 0 Å². The van der Waals surface area contributed by atoms with Gasteiger partial charge in [0.15, 0.2) is 5.65 Å². The number of carbonyl (C=O) groups excluding carboxylic acids is 1. The first kappa shape index (κ1) is 7.72. The fraction of sp³-hybridized carbons (Fsp3) is 0.125. The smallest absolute Gasteiger partial charge is 0.354 e. The summed E-state index contributed by atoms with van der Waals surface area (Å²) in [6.07, 6.45) is 1.57. The van der Waals surface area contributed by atoms with Gasteiger partial charge in [-0.3, -0.25) is 0 Å². The molecular weight excluding hydrogens is 170 g/mol. The van der Waals surface area contributed by atoms with Gasteiger partial charge in [-0.2, -0.15) is 5.10 Å². The number of nitrogens with one attached hydrogen (secondary N) is 1. The van der Waals surface area contributed by atoms with Crippen LogP contribution in [0, 0.1) is 0 Å². The summed E-state index contributed by atoms with van der Waals surface area (Å²) in [6.45, 7) is 0. The van der Waals surface area contributed by atoms with E-state index in [0.29, 0.717) is 11.3 Å². The molecular formula is C8H7N3O2. The lowest BCUT2D eigenvalue weighted by atomic mass is 10.3. The molecule has 0 spiro atoms. The Balaban J connectivity index is 2.56. The molecule has 0 saturated carbocycles. The summed E-state index contributed by atoms with van der Waals surface area (Å²) in [7, 11) is 1.33. The number of aromatic nitrogens is 3. The quantitative estimate of drug-likeness (QED) is 0.652. The van der Waals surface area contributed by atoms with Crippen molar-refractivity contribution in [2.75, 3.05) is 7.11 Å². The molecule has 1 N–H and O–H groups in total. The highest BCUT2D eigenvalue weighted by molar-refractivity contribution is 5.93. The van der Waals surface area contributed by atoms with E-state index in [9.17, 15) is 4.79 Å². The molecule has 0 unspecified atom stereocenters. The van der Waals surface area contributed by atoms with Crippen LogP contribution in [0.3, 0.4) is 0 Å². The zero-order valence-corrected chi connectivity index (χ0v) is 6.94. The topological polar surface area (TPSA) is 67.9 Å². The molecule has 0 aromatic carbocycles. The highest BCUT2D eigenvalue weighted by atomic mass is 16.5. The number of fused-ring (bicyclic) bond motifs is 1. The van der Waals surface area contributed by atoms with Crippen molar-refractivity contribution in [1.82, 2.24) is 15.2 Å². The maximum absolute atomic E-state index is 11.1. The SMILES string of the molecule is COC(=O)c1cc2ccnnc2[nH]1. The number of aromatic amines is 1. The van der Waals surface area contributed by atoms with Crippen LogP contribution in [0.25, 0.3) is 11.0 Å². The van der Waals surface area contributed by atoms with Gasteiger partial charge in [0, 0.05) is 5.39 Å². The fourth-order valence-corrected chi connectivity index (χ4v) is 1.09. The first-order valence-corrected chi connectivity index (χ1v) is 3.70. The van der Waals surface area contributed by atoms with E-state index < -0.39 is 5.97 Å². The molecule has 0 aliphatic rings. The van der Waals surface area contributed by atoms with Crippen molar-refractivity contribution in [3.05, 3.63) is 24.0 Å². The molecule has 0 aliphatic carbocycles. The van der Waals surface area contributed by atoms with Crippen molar-refractivity contribution < 1.29 is 9.53 Å². The molecule has 2 aromatic rings. The Bertz CT molecular complexity index is 416. The zero-order valence-electron chi connectivity index (χ0n) is 6.94. The Labute approximate surface area is 73.7 Å². The fourth-order valence-electron chi connectivity index (χ4n) is 1.09. The lowest BCUT2D eigenvalue weighted by Gasteiger charge is -1.91. The van der Waals surface area contributed by atoms with Crippen molar-refractivity contribution in [2.45, 2.75) is 0 Å². The number of esters is 1. The maximum Gasteiger partial charge on any atom is 0.354 e. The molecule has 66 valence electrons. The minimum atomic E-state index is -0.405. The summed E-state index contributed by atoms with van der Waals surface area (Å²) >= 11 is 0. The Morgan fingerprint density at radius 2 is 2.46 bits per heavy atom. The minimum Gasteiger partial charge on any atom is -0.464 e. The van der Waals surface area contributed by atoms with Crippen molar-refractivity contribution >= 4 is 17.0 Å². The highest BCUT2D eigenvalue weighted by Crippen LogP contribution is 2.11. The van der Waals surface area contributed by atoms with Crippen molar-refractivity contribution in [3.8, 4) is 0 Å². The van der Waals surface area contributed by atoms with Gasteiger partial charge in [-0.1, -0.05) is 0 Å². The molecule has 0 aliphatic heterocycles. The molecule has 0 amide bonds. The Morgan fingerprint density at radius 1 is 1.62 bits per heavy atom. The van der Waals surface area contributed by atoms with E-state index in [4.69, 9.17) is 0 Å². The van der Waals surface area contributed by atoms with Crippen molar-refractivity contribution in [2.24, 2.45) is 0 Å². The van der Waals surface area contributed by atoms with Gasteiger partial charge >= 0.3 is 5.97 Å². The van der Waals surface area contributed by atoms with Crippen LogP contribution in [0.4, 0.5) is 0 Å². The van der Waals surface area contributed by atoms with Crippen LogP contribution >= 0.6 is 0 Å². The van der Waals surface area contributed by atoms with Gasteiger partial charge < -0.3 is 9.72 Å². The molecule has 0 atom stereocenters. The molecule has 2 aromatic heterocycles. The first-order valence-electron chi connectivity index (χ1n) is 3.70. The third kappa shape index (κ3) is 1.24. The van der Waals surface area contributed by atoms with E-state index in [1.54, 1.807) is 18.3 Å². The minimum absolute atomic E-state index is 0.387. The zero-order chi connectivity index (χ0) is 9.26. The Morgan fingerprint density at radius 3 is 3.15 bits per heavy atom. The van der Waals surface area contributed by atoms with Crippen LogP contribution in [-0.4, -0.2) is 28.3 Å². The van der Waals surface area contributed by atoms with Gasteiger partial charge in [-0.15, -0.1) is 5.10 Å². The molecule has 5 nitrogen and oxygen atoms in total. The van der Waals surface area contributed by atoms with E-state index in [1.165, 1.54) is 7.11 Å². The lowest BCUT2D eigenvalue weighted by Crippen LogP contribution is -2.00. The lowest BCUT2D eigenvalue weighted by molar-refractivity contribution is 0.0595. The van der Waals surface area contributed by atoms with Gasteiger partial charge in [0.2, 0.25) is 0 Å². The van der Waals surface area contributed by atoms with Crippen LogP contribution in [-0.2, 0) is 4.74 Å². The average Bonchev–Trinajstić information content (AvgIpc) is 2.59. The number of methoxy groups -OCH3 is 1. The van der Waals surface area contributed by atoms with Gasteiger partial charge in [0.05, 0.1) is 13.3 Å². The molecule has 13 heavy (non-hydrogen) atoms. The summed E-state index contributed by atoms with van der Waals surface area (Å²) in [5.41, 5.74) is 0.973. The average molecular weight is 177 g/mol. The van der Waals surface area contributed by atoms with Crippen LogP contribution in [0.1, 0.15) is 10.5 Å². The third-order valence-corrected chi connectivity index (χ3v) is 1.71. The summed E-state index contributed by atoms with van der Waals surface area (Å²) in [6, 6.07) is 3.45. The van der Waals surface area contributed by atoms with Gasteiger partial charge in [-0.25, -0.2) is 4.79 Å². The monoisotopic (exact) mass is 177 g/mol. The molecule has 0 fully saturated rings. The molecule has 2 heterocycles. The number of rotatable bonds is 1. The molecule has 2 rings (SSSR count). The summed E-state index contributed by atoms with van der Waals surface area (Å²) in [4.78, 5) is 13.9. The van der Waals surface area contributed by atoms with E-state index in [2.05, 4.69) is 19.9 Å². The molecule has 0 bridgehead atoms. The first-order chi connectivity index (χ1) is 6.31. The third-order valence-electron chi connectivity index (χ3n) is 1.71. The predicted molar refractivity (Wildman–Crippen MR) is 45.2 cm³/mol. The van der Waals surface area contributed by atoms with Crippen LogP contribution in [0.2, 0.25) is 0 Å². The van der Waals surface area contributed by atoms with Crippen molar-refractivity contribution in [1.29, 1.82) is 0 Å². The Kier molecular flexibility index (Phi) is 1.70.